The van der Waals surface area contributed by atoms with Crippen molar-refractivity contribution in [2.24, 2.45) is 0 Å². The van der Waals surface area contributed by atoms with Gasteiger partial charge in [0.15, 0.2) is 11.5 Å². The van der Waals surface area contributed by atoms with Gasteiger partial charge < -0.3 is 14.6 Å². The average Bonchev–Trinajstić information content (AvgIpc) is 3.01. The average molecular weight is 209 g/mol. The maximum absolute atomic E-state index is 11.0. The Kier molecular flexibility index (Phi) is 2.45. The Morgan fingerprint density at radius 1 is 1.47 bits per heavy atom. The number of hydrogen-bond donors (Lipinski definition) is 1. The van der Waals surface area contributed by atoms with Gasteiger partial charge in [-0.15, -0.1) is 0 Å². The number of carboxylic acid groups (broad SMARTS) is 1. The summed E-state index contributed by atoms with van der Waals surface area (Å²) in [6.07, 6.45) is 4.84. The third-order valence-corrected chi connectivity index (χ3v) is 2.13. The lowest BCUT2D eigenvalue weighted by molar-refractivity contribution is 0.0687. The quantitative estimate of drug-likeness (QED) is 0.810. The van der Waals surface area contributed by atoms with Crippen molar-refractivity contribution in [3.8, 4) is 11.5 Å². The van der Waals surface area contributed by atoms with Crippen LogP contribution in [0.2, 0.25) is 0 Å². The minimum Gasteiger partial charge on any atom is -0.494 e. The molecule has 1 aromatic heterocycles. The van der Waals surface area contributed by atoms with Gasteiger partial charge in [-0.3, -0.25) is 4.98 Å². The summed E-state index contributed by atoms with van der Waals surface area (Å²) in [6.45, 7) is 0. The molecule has 5 nitrogen and oxygen atoms in total. The van der Waals surface area contributed by atoms with Crippen LogP contribution in [0.1, 0.15) is 23.2 Å². The number of pyridine rings is 1. The van der Waals surface area contributed by atoms with Gasteiger partial charge in [-0.25, -0.2) is 4.79 Å². The summed E-state index contributed by atoms with van der Waals surface area (Å²) in [5.74, 6) is -0.560. The fourth-order valence-electron chi connectivity index (χ4n) is 1.24. The van der Waals surface area contributed by atoms with Crippen LogP contribution < -0.4 is 9.47 Å². The molecule has 1 aliphatic carbocycles. The molecule has 0 spiro atoms. The molecule has 0 radical (unpaired) electrons. The van der Waals surface area contributed by atoms with Gasteiger partial charge in [0.25, 0.3) is 0 Å². The van der Waals surface area contributed by atoms with Crippen LogP contribution in [0.4, 0.5) is 0 Å². The molecule has 0 amide bonds. The highest BCUT2D eigenvalue weighted by Gasteiger charge is 2.27. The van der Waals surface area contributed by atoms with Crippen molar-refractivity contribution < 1.29 is 19.4 Å². The standard InChI is InChI=1S/C10H11NO4/c1-14-7-4-11-5-8(9(7)10(12)13)15-6-2-3-6/h4-6H,2-3H2,1H3,(H,12,13). The van der Waals surface area contributed by atoms with Crippen LogP contribution in [0.15, 0.2) is 12.4 Å². The minimum atomic E-state index is -1.06. The Hall–Kier alpha value is -1.78. The van der Waals surface area contributed by atoms with Crippen molar-refractivity contribution in [2.75, 3.05) is 7.11 Å². The molecule has 80 valence electrons. The van der Waals surface area contributed by atoms with Gasteiger partial charge in [0.05, 0.1) is 25.6 Å². The van der Waals surface area contributed by atoms with E-state index in [0.29, 0.717) is 0 Å². The predicted octanol–water partition coefficient (Wildman–Crippen LogP) is 1.33. The maximum Gasteiger partial charge on any atom is 0.343 e. The third kappa shape index (κ3) is 2.01. The number of ether oxygens (including phenoxy) is 2. The summed E-state index contributed by atoms with van der Waals surface area (Å²) in [7, 11) is 1.41. The monoisotopic (exact) mass is 209 g/mol. The zero-order valence-corrected chi connectivity index (χ0v) is 8.27. The molecule has 0 aromatic carbocycles. The summed E-state index contributed by atoms with van der Waals surface area (Å²) >= 11 is 0. The van der Waals surface area contributed by atoms with Gasteiger partial charge in [0.1, 0.15) is 5.56 Å². The second-order valence-corrected chi connectivity index (χ2v) is 3.34. The molecule has 5 heteroatoms. The fraction of sp³-hybridized carbons (Fsp3) is 0.400. The zero-order valence-electron chi connectivity index (χ0n) is 8.27. The smallest absolute Gasteiger partial charge is 0.343 e. The highest BCUT2D eigenvalue weighted by Crippen LogP contribution is 2.32. The molecule has 0 bridgehead atoms. The Morgan fingerprint density at radius 2 is 2.13 bits per heavy atom. The van der Waals surface area contributed by atoms with Crippen molar-refractivity contribution in [1.82, 2.24) is 4.98 Å². The number of hydrogen-bond acceptors (Lipinski definition) is 4. The molecule has 1 fully saturated rings. The van der Waals surface area contributed by atoms with Gasteiger partial charge in [-0.2, -0.15) is 0 Å². The molecular weight excluding hydrogens is 198 g/mol. The first kappa shape index (κ1) is 9.76. The molecule has 0 unspecified atom stereocenters. The lowest BCUT2D eigenvalue weighted by Gasteiger charge is -2.10. The number of aromatic carboxylic acids is 1. The van der Waals surface area contributed by atoms with Crippen molar-refractivity contribution >= 4 is 5.97 Å². The fourth-order valence-corrected chi connectivity index (χ4v) is 1.24. The highest BCUT2D eigenvalue weighted by atomic mass is 16.5. The number of rotatable bonds is 4. The van der Waals surface area contributed by atoms with E-state index in [1.165, 1.54) is 19.5 Å². The van der Waals surface area contributed by atoms with Crippen LogP contribution in [0.5, 0.6) is 11.5 Å². The number of carbonyl (C=O) groups is 1. The molecule has 15 heavy (non-hydrogen) atoms. The van der Waals surface area contributed by atoms with E-state index in [0.717, 1.165) is 12.8 Å². The lowest BCUT2D eigenvalue weighted by atomic mass is 10.2. The van der Waals surface area contributed by atoms with Crippen molar-refractivity contribution in [1.29, 1.82) is 0 Å². The van der Waals surface area contributed by atoms with Gasteiger partial charge in [-0.05, 0) is 12.8 Å². The summed E-state index contributed by atoms with van der Waals surface area (Å²) in [5, 5.41) is 9.02. The molecular formula is C10H11NO4. The van der Waals surface area contributed by atoms with E-state index < -0.39 is 5.97 Å². The normalized spacial score (nSPS) is 14.7. The van der Waals surface area contributed by atoms with Crippen LogP contribution in [0.3, 0.4) is 0 Å². The van der Waals surface area contributed by atoms with E-state index in [-0.39, 0.29) is 23.2 Å². The number of methoxy groups -OCH3 is 1. The van der Waals surface area contributed by atoms with Gasteiger partial charge in [0, 0.05) is 0 Å². The van der Waals surface area contributed by atoms with Gasteiger partial charge in [0.2, 0.25) is 0 Å². The molecule has 1 saturated carbocycles. The first-order chi connectivity index (χ1) is 7.22. The molecule has 2 rings (SSSR count). The van der Waals surface area contributed by atoms with Crippen LogP contribution >= 0.6 is 0 Å². The Morgan fingerprint density at radius 3 is 2.67 bits per heavy atom. The molecule has 0 atom stereocenters. The molecule has 1 aliphatic rings. The van der Waals surface area contributed by atoms with Crippen LogP contribution in [-0.4, -0.2) is 29.3 Å². The van der Waals surface area contributed by atoms with E-state index in [1.54, 1.807) is 0 Å². The van der Waals surface area contributed by atoms with E-state index in [2.05, 4.69) is 4.98 Å². The van der Waals surface area contributed by atoms with Crippen LogP contribution in [0, 0.1) is 0 Å². The molecule has 1 heterocycles. The number of nitrogens with zero attached hydrogens (tertiary/aromatic N) is 1. The summed E-state index contributed by atoms with van der Waals surface area (Å²) in [6, 6.07) is 0. The number of aromatic nitrogens is 1. The summed E-state index contributed by atoms with van der Waals surface area (Å²) < 4.78 is 10.4. The minimum absolute atomic E-state index is 0.0411. The topological polar surface area (TPSA) is 68.7 Å². The lowest BCUT2D eigenvalue weighted by Crippen LogP contribution is -2.07. The molecule has 0 saturated heterocycles. The SMILES string of the molecule is COc1cncc(OC2CC2)c1C(=O)O. The van der Waals surface area contributed by atoms with E-state index in [4.69, 9.17) is 14.6 Å². The second-order valence-electron chi connectivity index (χ2n) is 3.34. The first-order valence-corrected chi connectivity index (χ1v) is 4.64. The van der Waals surface area contributed by atoms with Gasteiger partial charge in [-0.1, -0.05) is 0 Å². The zero-order chi connectivity index (χ0) is 10.8. The van der Waals surface area contributed by atoms with Crippen LogP contribution in [0.25, 0.3) is 0 Å². The molecule has 1 N–H and O–H groups in total. The van der Waals surface area contributed by atoms with E-state index >= 15 is 0 Å². The number of carboxylic acids is 1. The van der Waals surface area contributed by atoms with Crippen molar-refractivity contribution in [3.63, 3.8) is 0 Å². The maximum atomic E-state index is 11.0. The summed E-state index contributed by atoms with van der Waals surface area (Å²) in [5.41, 5.74) is 0.0411. The molecule has 0 aliphatic heterocycles. The van der Waals surface area contributed by atoms with Crippen LogP contribution in [-0.2, 0) is 0 Å². The second kappa shape index (κ2) is 3.76. The van der Waals surface area contributed by atoms with Crippen molar-refractivity contribution in [2.45, 2.75) is 18.9 Å². The predicted molar refractivity (Wildman–Crippen MR) is 51.4 cm³/mol. The Balaban J connectivity index is 2.37. The summed E-state index contributed by atoms with van der Waals surface area (Å²) in [4.78, 5) is 14.9. The van der Waals surface area contributed by atoms with Gasteiger partial charge >= 0.3 is 5.97 Å². The highest BCUT2D eigenvalue weighted by molar-refractivity contribution is 5.93. The first-order valence-electron chi connectivity index (χ1n) is 4.64. The molecule has 1 aromatic rings. The van der Waals surface area contributed by atoms with Crippen molar-refractivity contribution in [3.05, 3.63) is 18.0 Å². The Bertz CT molecular complexity index is 387. The Labute approximate surface area is 86.7 Å². The largest absolute Gasteiger partial charge is 0.494 e. The van der Waals surface area contributed by atoms with E-state index in [1.807, 2.05) is 0 Å². The third-order valence-electron chi connectivity index (χ3n) is 2.13. The van der Waals surface area contributed by atoms with E-state index in [9.17, 15) is 4.79 Å².